The number of carboxylic acid groups (broad SMARTS) is 1. The van der Waals surface area contributed by atoms with Gasteiger partial charge in [-0.05, 0) is 42.7 Å². The van der Waals surface area contributed by atoms with Gasteiger partial charge in [0.15, 0.2) is 0 Å². The highest BCUT2D eigenvalue weighted by Crippen LogP contribution is 2.31. The lowest BCUT2D eigenvalue weighted by Crippen LogP contribution is -2.29. The van der Waals surface area contributed by atoms with Gasteiger partial charge in [0.25, 0.3) is 0 Å². The predicted octanol–water partition coefficient (Wildman–Crippen LogP) is 3.00. The average molecular weight is 303 g/mol. The zero-order valence-corrected chi connectivity index (χ0v) is 13.3. The summed E-state index contributed by atoms with van der Waals surface area (Å²) in [4.78, 5) is 23.2. The van der Waals surface area contributed by atoms with E-state index < -0.39 is 5.97 Å². The van der Waals surface area contributed by atoms with Crippen LogP contribution in [0.5, 0.6) is 0 Å². The molecule has 1 saturated carbocycles. The number of nitrogens with one attached hydrogen (secondary N) is 1. The van der Waals surface area contributed by atoms with Crippen LogP contribution < -0.4 is 5.32 Å². The molecule has 0 spiro atoms. The summed E-state index contributed by atoms with van der Waals surface area (Å²) in [6.45, 7) is 4.88. The van der Waals surface area contributed by atoms with Crippen LogP contribution in [0.2, 0.25) is 0 Å². The van der Waals surface area contributed by atoms with E-state index in [0.29, 0.717) is 31.7 Å². The number of carbonyl (C=O) groups excluding carboxylic acids is 1. The zero-order valence-electron chi connectivity index (χ0n) is 13.3. The molecule has 0 radical (unpaired) electrons. The molecule has 1 aliphatic carbocycles. The molecule has 0 aromatic heterocycles. The molecule has 1 aromatic carbocycles. The number of aliphatic carboxylic acids is 1. The van der Waals surface area contributed by atoms with Crippen LogP contribution >= 0.6 is 0 Å². The van der Waals surface area contributed by atoms with Crippen molar-refractivity contribution < 1.29 is 14.7 Å². The van der Waals surface area contributed by atoms with Gasteiger partial charge in [-0.3, -0.25) is 9.59 Å². The van der Waals surface area contributed by atoms with Crippen LogP contribution in [0.4, 0.5) is 0 Å². The molecule has 0 bridgehead atoms. The number of hydrogen-bond donors (Lipinski definition) is 2. The number of benzene rings is 1. The molecule has 120 valence electrons. The van der Waals surface area contributed by atoms with Gasteiger partial charge >= 0.3 is 5.97 Å². The fourth-order valence-corrected chi connectivity index (χ4v) is 3.14. The molecule has 0 heterocycles. The van der Waals surface area contributed by atoms with Crippen LogP contribution in [-0.4, -0.2) is 17.0 Å². The fraction of sp³-hybridized carbons (Fsp3) is 0.556. The third-order valence-electron chi connectivity index (χ3n) is 4.35. The molecule has 1 aliphatic rings. The molecule has 2 atom stereocenters. The Bertz CT molecular complexity index is 539. The maximum Gasteiger partial charge on any atom is 0.306 e. The Kier molecular flexibility index (Phi) is 5.58. The number of hydrogen-bond acceptors (Lipinski definition) is 2. The van der Waals surface area contributed by atoms with Gasteiger partial charge in [-0.2, -0.15) is 0 Å². The molecule has 0 unspecified atom stereocenters. The summed E-state index contributed by atoms with van der Waals surface area (Å²) in [5.74, 6) is -0.731. The molecule has 22 heavy (non-hydrogen) atoms. The smallest absolute Gasteiger partial charge is 0.306 e. The van der Waals surface area contributed by atoms with Gasteiger partial charge in [-0.15, -0.1) is 0 Å². The van der Waals surface area contributed by atoms with Crippen LogP contribution in [0.1, 0.15) is 44.2 Å². The van der Waals surface area contributed by atoms with Gasteiger partial charge in [-0.25, -0.2) is 0 Å². The van der Waals surface area contributed by atoms with E-state index in [9.17, 15) is 9.59 Å². The van der Waals surface area contributed by atoms with Crippen molar-refractivity contribution in [2.75, 3.05) is 0 Å². The Morgan fingerprint density at radius 1 is 1.18 bits per heavy atom. The molecular formula is C18H25NO3. The molecular weight excluding hydrogens is 278 g/mol. The van der Waals surface area contributed by atoms with E-state index in [2.05, 4.69) is 25.2 Å². The summed E-state index contributed by atoms with van der Waals surface area (Å²) in [6.07, 6.45) is 2.75. The zero-order chi connectivity index (χ0) is 16.1. The Balaban J connectivity index is 1.90. The molecule has 0 aliphatic heterocycles. The third-order valence-corrected chi connectivity index (χ3v) is 4.35. The van der Waals surface area contributed by atoms with Gasteiger partial charge in [0.2, 0.25) is 5.91 Å². The van der Waals surface area contributed by atoms with Crippen molar-refractivity contribution in [3.63, 3.8) is 0 Å². The topological polar surface area (TPSA) is 66.4 Å². The van der Waals surface area contributed by atoms with Crippen LogP contribution in [0.3, 0.4) is 0 Å². The van der Waals surface area contributed by atoms with Crippen LogP contribution in [0.25, 0.3) is 0 Å². The molecule has 1 amide bonds. The lowest BCUT2D eigenvalue weighted by atomic mass is 9.97. The van der Waals surface area contributed by atoms with E-state index in [0.717, 1.165) is 12.0 Å². The lowest BCUT2D eigenvalue weighted by molar-refractivity contribution is -0.141. The minimum Gasteiger partial charge on any atom is -0.481 e. The Hall–Kier alpha value is -1.84. The van der Waals surface area contributed by atoms with E-state index in [1.54, 1.807) is 0 Å². The summed E-state index contributed by atoms with van der Waals surface area (Å²) >= 11 is 0. The number of carbonyl (C=O) groups is 2. The van der Waals surface area contributed by atoms with Crippen molar-refractivity contribution in [3.05, 3.63) is 35.4 Å². The van der Waals surface area contributed by atoms with Crippen molar-refractivity contribution in [3.8, 4) is 0 Å². The first-order valence-electron chi connectivity index (χ1n) is 8.04. The van der Waals surface area contributed by atoms with Crippen LogP contribution in [-0.2, 0) is 22.6 Å². The molecule has 4 heteroatoms. The summed E-state index contributed by atoms with van der Waals surface area (Å²) in [6, 6.07) is 8.17. The molecule has 0 saturated heterocycles. The van der Waals surface area contributed by atoms with Gasteiger partial charge in [0, 0.05) is 12.5 Å². The third kappa shape index (κ3) is 4.33. The van der Waals surface area contributed by atoms with Crippen molar-refractivity contribution in [1.82, 2.24) is 5.32 Å². The second kappa shape index (κ2) is 7.43. The SMILES string of the molecule is CC(C)Cc1ccccc1CNC(=O)[C@@H]1CC[C@H](C(=O)O)C1. The van der Waals surface area contributed by atoms with Crippen molar-refractivity contribution in [2.24, 2.45) is 17.8 Å². The molecule has 1 fully saturated rings. The standard InChI is InChI=1S/C18H25NO3/c1-12(2)9-13-5-3-4-6-16(13)11-19-17(20)14-7-8-15(10-14)18(21)22/h3-6,12,14-15H,7-11H2,1-2H3,(H,19,20)(H,21,22)/t14-,15+/m1/s1. The first kappa shape index (κ1) is 16.5. The second-order valence-corrected chi connectivity index (χ2v) is 6.63. The fourth-order valence-electron chi connectivity index (χ4n) is 3.14. The largest absolute Gasteiger partial charge is 0.481 e. The number of amides is 1. The van der Waals surface area contributed by atoms with Crippen molar-refractivity contribution >= 4 is 11.9 Å². The van der Waals surface area contributed by atoms with Gasteiger partial charge in [-0.1, -0.05) is 38.1 Å². The maximum atomic E-state index is 12.2. The van der Waals surface area contributed by atoms with Crippen molar-refractivity contribution in [2.45, 2.75) is 46.1 Å². The van der Waals surface area contributed by atoms with E-state index in [4.69, 9.17) is 5.11 Å². The minimum atomic E-state index is -0.780. The Labute approximate surface area is 131 Å². The molecule has 2 rings (SSSR count). The molecule has 1 aromatic rings. The monoisotopic (exact) mass is 303 g/mol. The minimum absolute atomic E-state index is 0.0110. The first-order valence-corrected chi connectivity index (χ1v) is 8.04. The molecule has 2 N–H and O–H groups in total. The Morgan fingerprint density at radius 3 is 2.41 bits per heavy atom. The summed E-state index contributed by atoms with van der Waals surface area (Å²) in [7, 11) is 0. The van der Waals surface area contributed by atoms with Crippen LogP contribution in [0.15, 0.2) is 24.3 Å². The predicted molar refractivity (Wildman–Crippen MR) is 85.3 cm³/mol. The Morgan fingerprint density at radius 2 is 1.82 bits per heavy atom. The highest BCUT2D eigenvalue weighted by Gasteiger charge is 2.33. The van der Waals surface area contributed by atoms with E-state index in [-0.39, 0.29) is 17.7 Å². The van der Waals surface area contributed by atoms with Crippen LogP contribution in [0, 0.1) is 17.8 Å². The quantitative estimate of drug-likeness (QED) is 0.849. The van der Waals surface area contributed by atoms with Gasteiger partial charge in [0.05, 0.1) is 5.92 Å². The van der Waals surface area contributed by atoms with Gasteiger partial charge < -0.3 is 10.4 Å². The van der Waals surface area contributed by atoms with Crippen molar-refractivity contribution in [1.29, 1.82) is 0 Å². The average Bonchev–Trinajstić information content (AvgIpc) is 2.95. The second-order valence-electron chi connectivity index (χ2n) is 6.63. The number of rotatable bonds is 6. The summed E-state index contributed by atoms with van der Waals surface area (Å²) in [5.41, 5.74) is 2.42. The molecule has 4 nitrogen and oxygen atoms in total. The van der Waals surface area contributed by atoms with Gasteiger partial charge in [0.1, 0.15) is 0 Å². The van der Waals surface area contributed by atoms with E-state index in [1.807, 2.05) is 18.2 Å². The van der Waals surface area contributed by atoms with E-state index in [1.165, 1.54) is 5.56 Å². The number of carboxylic acids is 1. The highest BCUT2D eigenvalue weighted by atomic mass is 16.4. The highest BCUT2D eigenvalue weighted by molar-refractivity contribution is 5.80. The summed E-state index contributed by atoms with van der Waals surface area (Å²) in [5, 5.41) is 12.0. The van der Waals surface area contributed by atoms with E-state index >= 15 is 0 Å². The lowest BCUT2D eigenvalue weighted by Gasteiger charge is -2.14. The maximum absolute atomic E-state index is 12.2. The normalized spacial score (nSPS) is 21.0. The summed E-state index contributed by atoms with van der Waals surface area (Å²) < 4.78 is 0. The first-order chi connectivity index (χ1) is 10.5.